The van der Waals surface area contributed by atoms with E-state index in [0.29, 0.717) is 5.84 Å². The number of aliphatic imine (C=N–C) groups is 2. The largest absolute Gasteiger partial charge is 0.309 e. The lowest BCUT2D eigenvalue weighted by Gasteiger charge is -2.12. The van der Waals surface area contributed by atoms with E-state index in [1.165, 1.54) is 16.7 Å². The fraction of sp³-hybridized carbons (Fsp3) is 0.381. The lowest BCUT2D eigenvalue weighted by molar-refractivity contribution is 0.403. The van der Waals surface area contributed by atoms with Gasteiger partial charge in [-0.2, -0.15) is 0 Å². The highest BCUT2D eigenvalue weighted by molar-refractivity contribution is 6.01. The zero-order chi connectivity index (χ0) is 18.7. The van der Waals surface area contributed by atoms with E-state index in [1.807, 2.05) is 6.33 Å². The van der Waals surface area contributed by atoms with Crippen LogP contribution in [0.2, 0.25) is 0 Å². The average molecular weight is 349 g/mol. The van der Waals surface area contributed by atoms with Crippen LogP contribution in [-0.2, 0) is 6.42 Å². The Morgan fingerprint density at radius 1 is 1.31 bits per heavy atom. The number of hydrogen-bond acceptors (Lipinski definition) is 3. The SMILES string of the molecule is C=NC(=NCCCN(C)C)c1ncn2c1CCC(=C)c1c(C)cccc1-2. The summed E-state index contributed by atoms with van der Waals surface area (Å²) in [6.07, 6.45) is 4.64. The summed E-state index contributed by atoms with van der Waals surface area (Å²) < 4.78 is 2.16. The van der Waals surface area contributed by atoms with Crippen molar-refractivity contribution in [1.82, 2.24) is 14.5 Å². The van der Waals surface area contributed by atoms with E-state index in [-0.39, 0.29) is 0 Å². The van der Waals surface area contributed by atoms with Crippen molar-refractivity contribution in [2.24, 2.45) is 9.98 Å². The predicted octanol–water partition coefficient (Wildman–Crippen LogP) is 3.54. The highest BCUT2D eigenvalue weighted by Crippen LogP contribution is 2.33. The lowest BCUT2D eigenvalue weighted by Crippen LogP contribution is -2.14. The Morgan fingerprint density at radius 2 is 2.12 bits per heavy atom. The van der Waals surface area contributed by atoms with Gasteiger partial charge in [-0.25, -0.2) is 9.98 Å². The molecule has 0 spiro atoms. The molecule has 0 atom stereocenters. The Bertz CT molecular complexity index is 857. The molecule has 0 N–H and O–H groups in total. The molecule has 3 rings (SSSR count). The minimum atomic E-state index is 0.638. The Labute approximate surface area is 155 Å². The van der Waals surface area contributed by atoms with Gasteiger partial charge in [0.25, 0.3) is 0 Å². The number of aromatic nitrogens is 2. The van der Waals surface area contributed by atoms with E-state index in [2.05, 4.69) is 77.0 Å². The molecule has 0 amide bonds. The highest BCUT2D eigenvalue weighted by atomic mass is 15.1. The smallest absolute Gasteiger partial charge is 0.174 e. The summed E-state index contributed by atoms with van der Waals surface area (Å²) in [5, 5.41) is 0. The summed E-state index contributed by atoms with van der Waals surface area (Å²) in [7, 11) is 4.13. The first-order chi connectivity index (χ1) is 12.5. The normalized spacial score (nSPS) is 14.2. The van der Waals surface area contributed by atoms with Crippen molar-refractivity contribution in [1.29, 1.82) is 0 Å². The minimum Gasteiger partial charge on any atom is -0.309 e. The molecular weight excluding hydrogens is 322 g/mol. The van der Waals surface area contributed by atoms with Gasteiger partial charge in [-0.05, 0) is 70.7 Å². The Balaban J connectivity index is 1.98. The number of allylic oxidation sites excluding steroid dienone is 1. The molecular formula is C21H27N5. The Kier molecular flexibility index (Phi) is 5.47. The monoisotopic (exact) mass is 349 g/mol. The maximum atomic E-state index is 4.65. The van der Waals surface area contributed by atoms with E-state index < -0.39 is 0 Å². The molecule has 0 bridgehead atoms. The van der Waals surface area contributed by atoms with Gasteiger partial charge in [0.1, 0.15) is 12.0 Å². The molecule has 1 aliphatic rings. The van der Waals surface area contributed by atoms with Crippen LogP contribution in [0.15, 0.2) is 41.1 Å². The van der Waals surface area contributed by atoms with Crippen molar-refractivity contribution in [2.45, 2.75) is 26.2 Å². The van der Waals surface area contributed by atoms with Crippen molar-refractivity contribution in [3.05, 3.63) is 53.6 Å². The molecule has 0 aliphatic carbocycles. The predicted molar refractivity (Wildman–Crippen MR) is 110 cm³/mol. The number of benzene rings is 1. The highest BCUT2D eigenvalue weighted by Gasteiger charge is 2.23. The molecule has 0 saturated carbocycles. The fourth-order valence-corrected chi connectivity index (χ4v) is 3.49. The van der Waals surface area contributed by atoms with E-state index in [9.17, 15) is 0 Å². The van der Waals surface area contributed by atoms with Crippen molar-refractivity contribution in [2.75, 3.05) is 27.2 Å². The summed E-state index contributed by atoms with van der Waals surface area (Å²) in [6, 6.07) is 6.34. The number of aryl methyl sites for hydroxylation is 1. The number of nitrogens with zero attached hydrogens (tertiary/aromatic N) is 5. The summed E-state index contributed by atoms with van der Waals surface area (Å²) in [4.78, 5) is 15.6. The van der Waals surface area contributed by atoms with Crippen LogP contribution >= 0.6 is 0 Å². The topological polar surface area (TPSA) is 45.8 Å². The van der Waals surface area contributed by atoms with E-state index in [0.717, 1.165) is 49.4 Å². The maximum Gasteiger partial charge on any atom is 0.174 e. The van der Waals surface area contributed by atoms with Gasteiger partial charge in [-0.15, -0.1) is 0 Å². The summed E-state index contributed by atoms with van der Waals surface area (Å²) in [6.45, 7) is 11.9. The zero-order valence-corrected chi connectivity index (χ0v) is 16.0. The van der Waals surface area contributed by atoms with Crippen LogP contribution in [0, 0.1) is 6.92 Å². The second-order valence-electron chi connectivity index (χ2n) is 7.00. The van der Waals surface area contributed by atoms with Gasteiger partial charge in [0, 0.05) is 12.1 Å². The molecule has 2 aromatic rings. The van der Waals surface area contributed by atoms with Crippen LogP contribution in [0.4, 0.5) is 0 Å². The Morgan fingerprint density at radius 3 is 2.85 bits per heavy atom. The first-order valence-corrected chi connectivity index (χ1v) is 9.03. The van der Waals surface area contributed by atoms with E-state index >= 15 is 0 Å². The van der Waals surface area contributed by atoms with Crippen molar-refractivity contribution in [3.8, 4) is 5.69 Å². The molecule has 26 heavy (non-hydrogen) atoms. The average Bonchev–Trinajstić information content (AvgIpc) is 2.96. The third-order valence-corrected chi connectivity index (χ3v) is 4.78. The zero-order valence-electron chi connectivity index (χ0n) is 16.0. The van der Waals surface area contributed by atoms with Gasteiger partial charge < -0.3 is 9.47 Å². The molecule has 0 saturated heterocycles. The molecule has 0 fully saturated rings. The standard InChI is InChI=1S/C21H27N5/c1-15-8-6-9-17-19(15)16(2)10-11-18-20(24-14-26(17)18)21(22-3)23-12-7-13-25(4)5/h6,8-9,14H,2-3,7,10-13H2,1,4-5H3. The van der Waals surface area contributed by atoms with E-state index in [4.69, 9.17) is 0 Å². The number of rotatable bonds is 5. The third-order valence-electron chi connectivity index (χ3n) is 4.78. The van der Waals surface area contributed by atoms with Crippen molar-refractivity contribution in [3.63, 3.8) is 0 Å². The first kappa shape index (κ1) is 18.3. The summed E-state index contributed by atoms with van der Waals surface area (Å²) in [5.74, 6) is 0.638. The molecule has 1 aromatic carbocycles. The van der Waals surface area contributed by atoms with Crippen molar-refractivity contribution >= 4 is 18.1 Å². The van der Waals surface area contributed by atoms with Crippen LogP contribution in [0.1, 0.15) is 35.4 Å². The van der Waals surface area contributed by atoms with Crippen LogP contribution in [-0.4, -0.2) is 54.2 Å². The quantitative estimate of drug-likeness (QED) is 0.471. The van der Waals surface area contributed by atoms with Crippen LogP contribution in [0.25, 0.3) is 11.3 Å². The maximum absolute atomic E-state index is 4.65. The molecule has 136 valence electrons. The lowest BCUT2D eigenvalue weighted by atomic mass is 9.97. The second-order valence-corrected chi connectivity index (χ2v) is 7.00. The van der Waals surface area contributed by atoms with Crippen LogP contribution in [0.5, 0.6) is 0 Å². The number of hydrogen-bond donors (Lipinski definition) is 0. The third kappa shape index (κ3) is 3.53. The molecule has 0 unspecified atom stereocenters. The first-order valence-electron chi connectivity index (χ1n) is 9.03. The minimum absolute atomic E-state index is 0.638. The van der Waals surface area contributed by atoms with Crippen LogP contribution in [0.3, 0.4) is 0 Å². The van der Waals surface area contributed by atoms with Crippen LogP contribution < -0.4 is 0 Å². The Hall–Kier alpha value is -2.53. The molecule has 0 radical (unpaired) electrons. The van der Waals surface area contributed by atoms with Gasteiger partial charge in [0.2, 0.25) is 0 Å². The summed E-state index contributed by atoms with van der Waals surface area (Å²) in [5.41, 5.74) is 6.75. The number of imidazole rings is 1. The molecule has 5 heteroatoms. The number of fused-ring (bicyclic) bond motifs is 3. The second kappa shape index (κ2) is 7.79. The van der Waals surface area contributed by atoms with E-state index in [1.54, 1.807) is 0 Å². The van der Waals surface area contributed by atoms with Gasteiger partial charge in [-0.1, -0.05) is 18.7 Å². The molecule has 2 heterocycles. The van der Waals surface area contributed by atoms with Gasteiger partial charge >= 0.3 is 0 Å². The van der Waals surface area contributed by atoms with Gasteiger partial charge in [-0.3, -0.25) is 4.99 Å². The number of amidine groups is 1. The molecule has 5 nitrogen and oxygen atoms in total. The molecule has 1 aliphatic heterocycles. The summed E-state index contributed by atoms with van der Waals surface area (Å²) >= 11 is 0. The molecule has 1 aromatic heterocycles. The van der Waals surface area contributed by atoms with Gasteiger partial charge in [0.05, 0.1) is 11.4 Å². The van der Waals surface area contributed by atoms with Gasteiger partial charge in [0.15, 0.2) is 5.84 Å². The van der Waals surface area contributed by atoms with Crippen molar-refractivity contribution < 1.29 is 0 Å². The fourth-order valence-electron chi connectivity index (χ4n) is 3.49.